The van der Waals surface area contributed by atoms with Crippen LogP contribution in [0.5, 0.6) is 0 Å². The molecule has 1 aromatic rings. The van der Waals surface area contributed by atoms with Crippen LogP contribution in [0.4, 0.5) is 18.9 Å². The van der Waals surface area contributed by atoms with Gasteiger partial charge in [0.15, 0.2) is 0 Å². The third-order valence-electron chi connectivity index (χ3n) is 2.42. The first-order chi connectivity index (χ1) is 9.53. The maximum absolute atomic E-state index is 12.5. The van der Waals surface area contributed by atoms with Crippen molar-refractivity contribution in [1.82, 2.24) is 5.32 Å². The molecule has 0 fully saturated rings. The van der Waals surface area contributed by atoms with Crippen LogP contribution in [0.25, 0.3) is 0 Å². The summed E-state index contributed by atoms with van der Waals surface area (Å²) in [6.07, 6.45) is -4.51. The number of hydrogen-bond donors (Lipinski definition) is 2. The number of benzene rings is 1. The van der Waals surface area contributed by atoms with Gasteiger partial charge in [-0.05, 0) is 39.0 Å². The summed E-state index contributed by atoms with van der Waals surface area (Å²) >= 11 is 0. The Balaban J connectivity index is 2.82. The summed E-state index contributed by atoms with van der Waals surface area (Å²) in [5.74, 6) is -0.314. The number of carbonyl (C=O) groups is 1. The molecule has 0 aliphatic carbocycles. The molecule has 2 N–H and O–H groups in total. The van der Waals surface area contributed by atoms with Crippen LogP contribution in [0.15, 0.2) is 18.2 Å². The largest absolute Gasteiger partial charge is 0.416 e. The maximum atomic E-state index is 12.5. The van der Waals surface area contributed by atoms with Crippen LogP contribution in [-0.4, -0.2) is 18.0 Å². The van der Waals surface area contributed by atoms with Crippen molar-refractivity contribution in [3.05, 3.63) is 29.3 Å². The zero-order chi connectivity index (χ0) is 16.3. The predicted octanol–water partition coefficient (Wildman–Crippen LogP) is 2.90. The smallest absolute Gasteiger partial charge is 0.375 e. The van der Waals surface area contributed by atoms with Gasteiger partial charge in [-0.3, -0.25) is 4.79 Å². The average molecular weight is 299 g/mol. The van der Waals surface area contributed by atoms with Crippen molar-refractivity contribution in [2.45, 2.75) is 32.5 Å². The van der Waals surface area contributed by atoms with E-state index in [2.05, 4.69) is 10.6 Å². The molecule has 0 bridgehead atoms. The molecule has 7 heteroatoms. The van der Waals surface area contributed by atoms with E-state index < -0.39 is 17.3 Å². The molecule has 114 valence electrons. The molecule has 0 aromatic heterocycles. The third-order valence-corrected chi connectivity index (χ3v) is 2.42. The molecule has 0 radical (unpaired) electrons. The summed E-state index contributed by atoms with van der Waals surface area (Å²) in [5, 5.41) is 14.3. The number of nitrogens with one attached hydrogen (secondary N) is 2. The van der Waals surface area contributed by atoms with E-state index in [-0.39, 0.29) is 23.7 Å². The molecule has 0 unspecified atom stereocenters. The van der Waals surface area contributed by atoms with Crippen LogP contribution in [0.1, 0.15) is 31.9 Å². The Morgan fingerprint density at radius 2 is 1.90 bits per heavy atom. The van der Waals surface area contributed by atoms with Crippen molar-refractivity contribution >= 4 is 11.6 Å². The van der Waals surface area contributed by atoms with Crippen LogP contribution in [0, 0.1) is 11.3 Å². The highest BCUT2D eigenvalue weighted by molar-refractivity contribution is 5.81. The Bertz CT molecular complexity index is 568. The second kappa shape index (κ2) is 6.04. The fourth-order valence-corrected chi connectivity index (χ4v) is 1.61. The fourth-order valence-electron chi connectivity index (χ4n) is 1.61. The van der Waals surface area contributed by atoms with E-state index in [4.69, 9.17) is 5.26 Å². The van der Waals surface area contributed by atoms with Crippen molar-refractivity contribution in [2.75, 3.05) is 11.9 Å². The average Bonchev–Trinajstić information content (AvgIpc) is 2.32. The lowest BCUT2D eigenvalue weighted by Crippen LogP contribution is -2.43. The van der Waals surface area contributed by atoms with Gasteiger partial charge >= 0.3 is 6.18 Å². The Kier molecular flexibility index (Phi) is 4.84. The standard InChI is InChI=1S/C14H16F3N3O/c1-13(2,3)20-12(21)8-19-11-5-4-10(14(15,16)17)6-9(11)7-18/h4-6,19H,8H2,1-3H3,(H,20,21). The van der Waals surface area contributed by atoms with Gasteiger partial charge in [0.2, 0.25) is 5.91 Å². The normalized spacial score (nSPS) is 11.7. The lowest BCUT2D eigenvalue weighted by atomic mass is 10.1. The highest BCUT2D eigenvalue weighted by Crippen LogP contribution is 2.31. The van der Waals surface area contributed by atoms with Crippen molar-refractivity contribution in [3.63, 3.8) is 0 Å². The van der Waals surface area contributed by atoms with E-state index in [1.165, 1.54) is 0 Å². The maximum Gasteiger partial charge on any atom is 0.416 e. The number of nitrogens with zero attached hydrogens (tertiary/aromatic N) is 1. The molecule has 21 heavy (non-hydrogen) atoms. The molecule has 0 saturated heterocycles. The second-order valence-corrected chi connectivity index (χ2v) is 5.52. The number of amides is 1. The molecule has 0 saturated carbocycles. The van der Waals surface area contributed by atoms with Gasteiger partial charge in [-0.1, -0.05) is 0 Å². The first-order valence-corrected chi connectivity index (χ1v) is 6.19. The molecule has 1 aromatic carbocycles. The quantitative estimate of drug-likeness (QED) is 0.902. The number of nitriles is 1. The molecule has 1 rings (SSSR count). The summed E-state index contributed by atoms with van der Waals surface area (Å²) in [5.41, 5.74) is -1.27. The summed E-state index contributed by atoms with van der Waals surface area (Å²) in [7, 11) is 0. The lowest BCUT2D eigenvalue weighted by molar-refractivity contribution is -0.137. The zero-order valence-corrected chi connectivity index (χ0v) is 11.9. The predicted molar refractivity (Wildman–Crippen MR) is 72.5 cm³/mol. The van der Waals surface area contributed by atoms with Gasteiger partial charge in [-0.15, -0.1) is 0 Å². The summed E-state index contributed by atoms with van der Waals surface area (Å²) in [6, 6.07) is 4.45. The summed E-state index contributed by atoms with van der Waals surface area (Å²) < 4.78 is 37.6. The number of hydrogen-bond acceptors (Lipinski definition) is 3. The topological polar surface area (TPSA) is 64.9 Å². The Hall–Kier alpha value is -2.23. The van der Waals surface area contributed by atoms with E-state index in [0.717, 1.165) is 18.2 Å². The molecule has 4 nitrogen and oxygen atoms in total. The minimum Gasteiger partial charge on any atom is -0.375 e. The molecule has 0 aliphatic heterocycles. The van der Waals surface area contributed by atoms with E-state index in [9.17, 15) is 18.0 Å². The van der Waals surface area contributed by atoms with Gasteiger partial charge in [0.1, 0.15) is 6.07 Å². The molecular formula is C14H16F3N3O. The van der Waals surface area contributed by atoms with Crippen LogP contribution in [-0.2, 0) is 11.0 Å². The highest BCUT2D eigenvalue weighted by Gasteiger charge is 2.31. The first kappa shape index (κ1) is 16.8. The summed E-state index contributed by atoms with van der Waals surface area (Å²) in [4.78, 5) is 11.6. The molecule has 0 spiro atoms. The van der Waals surface area contributed by atoms with Crippen molar-refractivity contribution < 1.29 is 18.0 Å². The third kappa shape index (κ3) is 5.34. The second-order valence-electron chi connectivity index (χ2n) is 5.52. The Labute approximate surface area is 121 Å². The summed E-state index contributed by atoms with van der Waals surface area (Å²) in [6.45, 7) is 5.30. The number of anilines is 1. The molecule has 0 aliphatic rings. The zero-order valence-electron chi connectivity index (χ0n) is 11.9. The molecule has 0 heterocycles. The number of alkyl halides is 3. The van der Waals surface area contributed by atoms with E-state index in [1.54, 1.807) is 6.07 Å². The Morgan fingerprint density at radius 1 is 1.29 bits per heavy atom. The van der Waals surface area contributed by atoms with Crippen molar-refractivity contribution in [1.29, 1.82) is 5.26 Å². The van der Waals surface area contributed by atoms with Gasteiger partial charge in [0.05, 0.1) is 23.4 Å². The number of rotatable bonds is 3. The van der Waals surface area contributed by atoms with Crippen LogP contribution in [0.3, 0.4) is 0 Å². The first-order valence-electron chi connectivity index (χ1n) is 6.19. The molecular weight excluding hydrogens is 283 g/mol. The van der Waals surface area contributed by atoms with Gasteiger partial charge in [-0.25, -0.2) is 0 Å². The van der Waals surface area contributed by atoms with Gasteiger partial charge in [0.25, 0.3) is 0 Å². The van der Waals surface area contributed by atoms with Gasteiger partial charge in [0, 0.05) is 5.54 Å². The highest BCUT2D eigenvalue weighted by atomic mass is 19.4. The lowest BCUT2D eigenvalue weighted by Gasteiger charge is -2.21. The van der Waals surface area contributed by atoms with Crippen molar-refractivity contribution in [3.8, 4) is 6.07 Å². The van der Waals surface area contributed by atoms with Crippen LogP contribution in [0.2, 0.25) is 0 Å². The van der Waals surface area contributed by atoms with E-state index >= 15 is 0 Å². The van der Waals surface area contributed by atoms with E-state index in [1.807, 2.05) is 20.8 Å². The number of carbonyl (C=O) groups excluding carboxylic acids is 1. The van der Waals surface area contributed by atoms with Gasteiger partial charge < -0.3 is 10.6 Å². The fraction of sp³-hybridized carbons (Fsp3) is 0.429. The van der Waals surface area contributed by atoms with Crippen LogP contribution >= 0.6 is 0 Å². The minimum atomic E-state index is -4.51. The van der Waals surface area contributed by atoms with Gasteiger partial charge in [-0.2, -0.15) is 18.4 Å². The molecule has 1 amide bonds. The number of halogens is 3. The van der Waals surface area contributed by atoms with E-state index in [0.29, 0.717) is 0 Å². The van der Waals surface area contributed by atoms with Crippen LogP contribution < -0.4 is 10.6 Å². The van der Waals surface area contributed by atoms with Crippen molar-refractivity contribution in [2.24, 2.45) is 0 Å². The Morgan fingerprint density at radius 3 is 2.38 bits per heavy atom. The minimum absolute atomic E-state index is 0.128. The monoisotopic (exact) mass is 299 g/mol. The SMILES string of the molecule is CC(C)(C)NC(=O)CNc1ccc(C(F)(F)F)cc1C#N. The molecule has 0 atom stereocenters.